The Morgan fingerprint density at radius 1 is 1.31 bits per heavy atom. The molecule has 1 aromatic heterocycles. The summed E-state index contributed by atoms with van der Waals surface area (Å²) in [5.74, 6) is 1.82. The summed E-state index contributed by atoms with van der Waals surface area (Å²) < 4.78 is 2.12. The van der Waals surface area contributed by atoms with Crippen LogP contribution in [0, 0.1) is 0 Å². The van der Waals surface area contributed by atoms with E-state index >= 15 is 0 Å². The van der Waals surface area contributed by atoms with E-state index in [0.717, 1.165) is 47.0 Å². The van der Waals surface area contributed by atoms with E-state index in [9.17, 15) is 0 Å². The summed E-state index contributed by atoms with van der Waals surface area (Å²) in [6.07, 6.45) is 3.08. The summed E-state index contributed by atoms with van der Waals surface area (Å²) in [7, 11) is 2.04. The van der Waals surface area contributed by atoms with Crippen LogP contribution < -0.4 is 0 Å². The van der Waals surface area contributed by atoms with Crippen LogP contribution in [0.3, 0.4) is 0 Å². The van der Waals surface area contributed by atoms with E-state index in [1.165, 1.54) is 0 Å². The number of benzene rings is 1. The maximum absolute atomic E-state index is 5.94. The standard InChI is InChI=1S/C12H14Cl2N2/c1-16-11-6-5-9(14)8-10(11)15-12(16)4-2-3-7-13/h5-6,8H,2-4,7H2,1H3. The summed E-state index contributed by atoms with van der Waals surface area (Å²) in [4.78, 5) is 4.58. The lowest BCUT2D eigenvalue weighted by molar-refractivity contribution is 0.722. The van der Waals surface area contributed by atoms with Crippen LogP contribution in [0.15, 0.2) is 18.2 Å². The lowest BCUT2D eigenvalue weighted by Gasteiger charge is -2.00. The molecule has 0 aliphatic heterocycles. The van der Waals surface area contributed by atoms with Gasteiger partial charge in [-0.3, -0.25) is 0 Å². The van der Waals surface area contributed by atoms with Crippen molar-refractivity contribution < 1.29 is 0 Å². The Hall–Kier alpha value is -0.730. The number of unbranched alkanes of at least 4 members (excludes halogenated alkanes) is 1. The average Bonchev–Trinajstić information content (AvgIpc) is 2.56. The van der Waals surface area contributed by atoms with E-state index in [1.54, 1.807) is 0 Å². The molecule has 2 rings (SSSR count). The fourth-order valence-corrected chi connectivity index (χ4v) is 2.18. The highest BCUT2D eigenvalue weighted by atomic mass is 35.5. The van der Waals surface area contributed by atoms with Crippen LogP contribution in [0.1, 0.15) is 18.7 Å². The van der Waals surface area contributed by atoms with E-state index in [1.807, 2.05) is 25.2 Å². The van der Waals surface area contributed by atoms with Crippen molar-refractivity contribution in [2.45, 2.75) is 19.3 Å². The minimum Gasteiger partial charge on any atom is -0.331 e. The maximum atomic E-state index is 5.94. The normalized spacial score (nSPS) is 11.2. The summed E-state index contributed by atoms with van der Waals surface area (Å²) in [5, 5.41) is 0.734. The number of rotatable bonds is 4. The van der Waals surface area contributed by atoms with Crippen LogP contribution in [0.2, 0.25) is 5.02 Å². The molecule has 16 heavy (non-hydrogen) atoms. The Labute approximate surface area is 105 Å². The molecule has 0 bridgehead atoms. The summed E-state index contributed by atoms with van der Waals surface area (Å²) in [6, 6.07) is 5.81. The molecular formula is C12H14Cl2N2. The van der Waals surface area contributed by atoms with Gasteiger partial charge in [0, 0.05) is 24.4 Å². The van der Waals surface area contributed by atoms with Gasteiger partial charge in [-0.2, -0.15) is 0 Å². The lowest BCUT2D eigenvalue weighted by Crippen LogP contribution is -1.97. The summed E-state index contributed by atoms with van der Waals surface area (Å²) >= 11 is 11.6. The summed E-state index contributed by atoms with van der Waals surface area (Å²) in [5.41, 5.74) is 2.10. The maximum Gasteiger partial charge on any atom is 0.109 e. The number of aromatic nitrogens is 2. The number of hydrogen-bond donors (Lipinski definition) is 0. The SMILES string of the molecule is Cn1c(CCCCCl)nc2cc(Cl)ccc21. The molecule has 0 aliphatic rings. The molecule has 0 atom stereocenters. The van der Waals surface area contributed by atoms with E-state index in [-0.39, 0.29) is 0 Å². The first kappa shape index (κ1) is 11.7. The molecule has 86 valence electrons. The Bertz CT molecular complexity index is 491. The smallest absolute Gasteiger partial charge is 0.109 e. The fourth-order valence-electron chi connectivity index (χ4n) is 1.82. The average molecular weight is 257 g/mol. The van der Waals surface area contributed by atoms with Crippen molar-refractivity contribution in [1.29, 1.82) is 0 Å². The van der Waals surface area contributed by atoms with Gasteiger partial charge in [0.25, 0.3) is 0 Å². The second-order valence-electron chi connectivity index (χ2n) is 3.87. The van der Waals surface area contributed by atoms with Gasteiger partial charge in [0.1, 0.15) is 5.82 Å². The van der Waals surface area contributed by atoms with Gasteiger partial charge in [0.15, 0.2) is 0 Å². The van der Waals surface area contributed by atoms with E-state index in [4.69, 9.17) is 23.2 Å². The first-order valence-electron chi connectivity index (χ1n) is 5.39. The molecular weight excluding hydrogens is 243 g/mol. The Morgan fingerprint density at radius 2 is 2.12 bits per heavy atom. The van der Waals surface area contributed by atoms with Crippen LogP contribution in [-0.4, -0.2) is 15.4 Å². The van der Waals surface area contributed by atoms with Gasteiger partial charge in [-0.15, -0.1) is 11.6 Å². The Morgan fingerprint density at radius 3 is 2.88 bits per heavy atom. The van der Waals surface area contributed by atoms with E-state index < -0.39 is 0 Å². The third-order valence-corrected chi connectivity index (χ3v) is 3.22. The number of fused-ring (bicyclic) bond motifs is 1. The lowest BCUT2D eigenvalue weighted by atomic mass is 10.2. The molecule has 0 saturated carbocycles. The minimum atomic E-state index is 0.718. The van der Waals surface area contributed by atoms with Crippen molar-refractivity contribution in [1.82, 2.24) is 9.55 Å². The van der Waals surface area contributed by atoms with Gasteiger partial charge in [-0.1, -0.05) is 11.6 Å². The number of alkyl halides is 1. The van der Waals surface area contributed by atoms with Crippen LogP contribution in [0.5, 0.6) is 0 Å². The number of aryl methyl sites for hydroxylation is 2. The van der Waals surface area contributed by atoms with Crippen molar-refractivity contribution >= 4 is 34.2 Å². The quantitative estimate of drug-likeness (QED) is 0.602. The second kappa shape index (κ2) is 5.07. The highest BCUT2D eigenvalue weighted by Crippen LogP contribution is 2.20. The van der Waals surface area contributed by atoms with Crippen LogP contribution in [-0.2, 0) is 13.5 Å². The second-order valence-corrected chi connectivity index (χ2v) is 4.68. The van der Waals surface area contributed by atoms with Gasteiger partial charge in [-0.25, -0.2) is 4.98 Å². The van der Waals surface area contributed by atoms with Gasteiger partial charge in [0.05, 0.1) is 11.0 Å². The molecule has 4 heteroatoms. The molecule has 0 fully saturated rings. The van der Waals surface area contributed by atoms with Crippen molar-refractivity contribution in [3.63, 3.8) is 0 Å². The van der Waals surface area contributed by atoms with Crippen molar-refractivity contribution in [3.8, 4) is 0 Å². The Kier molecular flexibility index (Phi) is 3.72. The molecule has 0 unspecified atom stereocenters. The first-order chi connectivity index (χ1) is 7.72. The van der Waals surface area contributed by atoms with Crippen molar-refractivity contribution in [2.75, 3.05) is 5.88 Å². The third kappa shape index (κ3) is 2.33. The predicted octanol–water partition coefficient (Wildman–Crippen LogP) is 3.79. The molecule has 1 aromatic carbocycles. The summed E-state index contributed by atoms with van der Waals surface area (Å²) in [6.45, 7) is 0. The molecule has 0 spiro atoms. The monoisotopic (exact) mass is 256 g/mol. The largest absolute Gasteiger partial charge is 0.331 e. The van der Waals surface area contributed by atoms with Gasteiger partial charge >= 0.3 is 0 Å². The molecule has 2 nitrogen and oxygen atoms in total. The van der Waals surface area contributed by atoms with Crippen molar-refractivity contribution in [3.05, 3.63) is 29.0 Å². The van der Waals surface area contributed by atoms with Gasteiger partial charge in [-0.05, 0) is 31.0 Å². The number of hydrogen-bond acceptors (Lipinski definition) is 1. The van der Waals surface area contributed by atoms with Crippen LogP contribution in [0.4, 0.5) is 0 Å². The number of halogens is 2. The molecule has 0 saturated heterocycles. The molecule has 0 amide bonds. The fraction of sp³-hybridized carbons (Fsp3) is 0.417. The highest BCUT2D eigenvalue weighted by Gasteiger charge is 2.07. The molecule has 0 N–H and O–H groups in total. The van der Waals surface area contributed by atoms with Crippen molar-refractivity contribution in [2.24, 2.45) is 7.05 Å². The zero-order valence-electron chi connectivity index (χ0n) is 9.21. The zero-order chi connectivity index (χ0) is 11.5. The third-order valence-electron chi connectivity index (χ3n) is 2.72. The number of imidazole rings is 1. The zero-order valence-corrected chi connectivity index (χ0v) is 10.7. The molecule has 0 aliphatic carbocycles. The van der Waals surface area contributed by atoms with E-state index in [2.05, 4.69) is 9.55 Å². The predicted molar refractivity (Wildman–Crippen MR) is 69.4 cm³/mol. The van der Waals surface area contributed by atoms with Gasteiger partial charge in [0.2, 0.25) is 0 Å². The highest BCUT2D eigenvalue weighted by molar-refractivity contribution is 6.31. The van der Waals surface area contributed by atoms with E-state index in [0.29, 0.717) is 0 Å². The van der Waals surface area contributed by atoms with Gasteiger partial charge < -0.3 is 4.57 Å². The Balaban J connectivity index is 2.29. The van der Waals surface area contributed by atoms with Crippen LogP contribution in [0.25, 0.3) is 11.0 Å². The van der Waals surface area contributed by atoms with Crippen LogP contribution >= 0.6 is 23.2 Å². The minimum absolute atomic E-state index is 0.718. The molecule has 0 radical (unpaired) electrons. The topological polar surface area (TPSA) is 17.8 Å². The molecule has 1 heterocycles. The number of nitrogens with zero attached hydrogens (tertiary/aromatic N) is 2. The first-order valence-corrected chi connectivity index (χ1v) is 6.30. The molecule has 2 aromatic rings.